The fraction of sp³-hybridized carbons (Fsp3) is 0.130. The van der Waals surface area contributed by atoms with Gasteiger partial charge in [0.25, 0.3) is 0 Å². The number of amides is 1. The maximum Gasteiger partial charge on any atom is 0.236 e. The molecule has 0 aliphatic carbocycles. The van der Waals surface area contributed by atoms with E-state index in [2.05, 4.69) is 27.1 Å². The van der Waals surface area contributed by atoms with E-state index < -0.39 is 0 Å². The van der Waals surface area contributed by atoms with Gasteiger partial charge >= 0.3 is 0 Å². The second-order valence-corrected chi connectivity index (χ2v) is 9.41. The molecule has 4 rings (SSSR count). The number of nitrogens with one attached hydrogen (secondary N) is 1. The van der Waals surface area contributed by atoms with Crippen molar-refractivity contribution in [1.29, 1.82) is 0 Å². The Morgan fingerprint density at radius 2 is 2.00 bits per heavy atom. The Morgan fingerprint density at radius 3 is 2.76 bits per heavy atom. The smallest absolute Gasteiger partial charge is 0.236 e. The van der Waals surface area contributed by atoms with Crippen LogP contribution in [0.2, 0.25) is 5.02 Å². The highest BCUT2D eigenvalue weighted by atomic mass is 35.5. The lowest BCUT2D eigenvalue weighted by atomic mass is 10.1. The molecule has 0 radical (unpaired) electrons. The third-order valence-corrected chi connectivity index (χ3v) is 6.83. The number of carbonyl (C=O) groups is 1. The van der Waals surface area contributed by atoms with Crippen molar-refractivity contribution in [2.45, 2.75) is 18.1 Å². The Labute approximate surface area is 203 Å². The highest BCUT2D eigenvalue weighted by Gasteiger charge is 2.16. The molecule has 168 valence electrons. The van der Waals surface area contributed by atoms with Crippen LogP contribution >= 0.6 is 34.7 Å². The minimum atomic E-state index is -0.322. The molecule has 6 nitrogen and oxygen atoms in total. The maximum absolute atomic E-state index is 13.3. The van der Waals surface area contributed by atoms with Gasteiger partial charge in [0.15, 0.2) is 16.1 Å². The molecule has 2 heterocycles. The van der Waals surface area contributed by atoms with Gasteiger partial charge < -0.3 is 5.32 Å². The first-order valence-electron chi connectivity index (χ1n) is 9.94. The number of hydrogen-bond acceptors (Lipinski definition) is 6. The number of thiazole rings is 1. The van der Waals surface area contributed by atoms with Crippen molar-refractivity contribution in [3.05, 3.63) is 88.7 Å². The largest absolute Gasteiger partial charge is 0.301 e. The second kappa shape index (κ2) is 10.7. The second-order valence-electron chi connectivity index (χ2n) is 6.95. The molecule has 4 aromatic rings. The van der Waals surface area contributed by atoms with Gasteiger partial charge in [-0.25, -0.2) is 9.37 Å². The first-order valence-corrected chi connectivity index (χ1v) is 12.1. The van der Waals surface area contributed by atoms with Gasteiger partial charge in [0.1, 0.15) is 5.82 Å². The fourth-order valence-electron chi connectivity index (χ4n) is 3.06. The number of carbonyl (C=O) groups excluding carboxylic acids is 1. The van der Waals surface area contributed by atoms with Crippen LogP contribution in [0.1, 0.15) is 10.4 Å². The van der Waals surface area contributed by atoms with Crippen LogP contribution in [0.4, 0.5) is 9.52 Å². The van der Waals surface area contributed by atoms with Crippen LogP contribution in [0.15, 0.2) is 72.5 Å². The molecular weight excluding hydrogens is 481 g/mol. The topological polar surface area (TPSA) is 72.7 Å². The van der Waals surface area contributed by atoms with Gasteiger partial charge in [-0.05, 0) is 35.9 Å². The van der Waals surface area contributed by atoms with E-state index in [1.54, 1.807) is 24.4 Å². The Balaban J connectivity index is 1.38. The molecule has 0 unspecified atom stereocenters. The van der Waals surface area contributed by atoms with Crippen LogP contribution in [0.25, 0.3) is 11.4 Å². The van der Waals surface area contributed by atoms with E-state index in [1.165, 1.54) is 35.2 Å². The van der Waals surface area contributed by atoms with Gasteiger partial charge in [-0.2, -0.15) is 0 Å². The van der Waals surface area contributed by atoms with E-state index in [4.69, 9.17) is 11.6 Å². The first kappa shape index (κ1) is 23.2. The molecule has 1 N–H and O–H groups in total. The van der Waals surface area contributed by atoms with E-state index in [0.29, 0.717) is 34.1 Å². The normalized spacial score (nSPS) is 10.8. The minimum absolute atomic E-state index is 0.137. The Morgan fingerprint density at radius 1 is 1.21 bits per heavy atom. The molecule has 0 aliphatic rings. The summed E-state index contributed by atoms with van der Waals surface area (Å²) in [7, 11) is 0. The molecule has 0 aliphatic heterocycles. The molecule has 0 spiro atoms. The van der Waals surface area contributed by atoms with Crippen molar-refractivity contribution >= 4 is 45.7 Å². The standard InChI is InChI=1S/C23H19ClFN5OS2/c1-2-11-30-21(15-7-9-17(25)10-8-15)28-29-23(30)32-14-20(31)27-22-26-13-18(33-22)12-16-5-3-4-6-19(16)24/h2-10,13H,1,11-12,14H2,(H,26,27,31). The summed E-state index contributed by atoms with van der Waals surface area (Å²) in [6, 6.07) is 13.7. The predicted molar refractivity (Wildman–Crippen MR) is 131 cm³/mol. The summed E-state index contributed by atoms with van der Waals surface area (Å²) in [6.45, 7) is 4.23. The highest BCUT2D eigenvalue weighted by Crippen LogP contribution is 2.26. The van der Waals surface area contributed by atoms with Gasteiger partial charge in [-0.15, -0.1) is 28.1 Å². The lowest BCUT2D eigenvalue weighted by Gasteiger charge is -2.07. The number of hydrogen-bond donors (Lipinski definition) is 1. The number of thioether (sulfide) groups is 1. The van der Waals surface area contributed by atoms with E-state index in [-0.39, 0.29) is 17.5 Å². The van der Waals surface area contributed by atoms with Crippen LogP contribution in [0, 0.1) is 5.82 Å². The van der Waals surface area contributed by atoms with E-state index in [1.807, 2.05) is 28.8 Å². The summed E-state index contributed by atoms with van der Waals surface area (Å²) in [4.78, 5) is 17.8. The van der Waals surface area contributed by atoms with E-state index in [9.17, 15) is 9.18 Å². The zero-order valence-corrected chi connectivity index (χ0v) is 19.8. The Hall–Kier alpha value is -3.01. The zero-order valence-electron chi connectivity index (χ0n) is 17.4. The van der Waals surface area contributed by atoms with Gasteiger partial charge in [0.05, 0.1) is 5.75 Å². The molecule has 0 bridgehead atoms. The lowest BCUT2D eigenvalue weighted by Crippen LogP contribution is -2.14. The third kappa shape index (κ3) is 5.87. The Kier molecular flexibility index (Phi) is 7.54. The van der Waals surface area contributed by atoms with Crippen molar-refractivity contribution in [2.24, 2.45) is 0 Å². The number of benzene rings is 2. The minimum Gasteiger partial charge on any atom is -0.301 e. The van der Waals surface area contributed by atoms with Crippen LogP contribution in [-0.4, -0.2) is 31.4 Å². The monoisotopic (exact) mass is 499 g/mol. The van der Waals surface area contributed by atoms with Gasteiger partial charge in [0.2, 0.25) is 5.91 Å². The van der Waals surface area contributed by atoms with Gasteiger partial charge in [-0.1, -0.05) is 47.6 Å². The number of anilines is 1. The molecule has 0 fully saturated rings. The quantitative estimate of drug-likeness (QED) is 0.236. The van der Waals surface area contributed by atoms with Gasteiger partial charge in [-0.3, -0.25) is 9.36 Å². The van der Waals surface area contributed by atoms with Crippen LogP contribution in [0.3, 0.4) is 0 Å². The Bertz CT molecular complexity index is 1270. The molecule has 0 saturated heterocycles. The van der Waals surface area contributed by atoms with Crippen LogP contribution in [-0.2, 0) is 17.8 Å². The number of halogens is 2. The summed E-state index contributed by atoms with van der Waals surface area (Å²) in [6.07, 6.45) is 4.11. The summed E-state index contributed by atoms with van der Waals surface area (Å²) in [5.74, 6) is 0.201. The van der Waals surface area contributed by atoms with Crippen molar-refractivity contribution in [3.8, 4) is 11.4 Å². The van der Waals surface area contributed by atoms with Crippen molar-refractivity contribution in [3.63, 3.8) is 0 Å². The average molecular weight is 500 g/mol. The molecule has 0 saturated carbocycles. The zero-order chi connectivity index (χ0) is 23.2. The van der Waals surface area contributed by atoms with Crippen molar-refractivity contribution in [1.82, 2.24) is 19.7 Å². The molecule has 33 heavy (non-hydrogen) atoms. The molecular formula is C23H19ClFN5OS2. The number of rotatable bonds is 9. The summed E-state index contributed by atoms with van der Waals surface area (Å²) < 4.78 is 15.1. The van der Waals surface area contributed by atoms with Crippen molar-refractivity contribution < 1.29 is 9.18 Å². The average Bonchev–Trinajstić information content (AvgIpc) is 3.41. The van der Waals surface area contributed by atoms with Crippen LogP contribution in [0.5, 0.6) is 0 Å². The lowest BCUT2D eigenvalue weighted by molar-refractivity contribution is -0.113. The number of allylic oxidation sites excluding steroid dienone is 1. The van der Waals surface area contributed by atoms with Gasteiger partial charge in [0, 0.05) is 34.6 Å². The third-order valence-electron chi connectivity index (χ3n) is 4.59. The molecule has 0 atom stereocenters. The molecule has 1 amide bonds. The van der Waals surface area contributed by atoms with Crippen LogP contribution < -0.4 is 5.32 Å². The number of nitrogens with zero attached hydrogens (tertiary/aromatic N) is 4. The summed E-state index contributed by atoms with van der Waals surface area (Å²) in [5, 5.41) is 13.0. The fourth-order valence-corrected chi connectivity index (χ4v) is 4.87. The van der Waals surface area contributed by atoms with E-state index in [0.717, 1.165) is 16.0 Å². The summed E-state index contributed by atoms with van der Waals surface area (Å²) in [5.41, 5.74) is 1.74. The van der Waals surface area contributed by atoms with E-state index >= 15 is 0 Å². The molecule has 10 heteroatoms. The van der Waals surface area contributed by atoms with Crippen molar-refractivity contribution in [2.75, 3.05) is 11.1 Å². The highest BCUT2D eigenvalue weighted by molar-refractivity contribution is 7.99. The SMILES string of the molecule is C=CCn1c(SCC(=O)Nc2ncc(Cc3ccccc3Cl)s2)nnc1-c1ccc(F)cc1. The maximum atomic E-state index is 13.3. The number of aromatic nitrogens is 4. The molecule has 2 aromatic heterocycles. The first-order chi connectivity index (χ1) is 16.0. The predicted octanol–water partition coefficient (Wildman–Crippen LogP) is 5.70. The summed E-state index contributed by atoms with van der Waals surface area (Å²) >= 11 is 8.89. The molecule has 2 aromatic carbocycles.